The van der Waals surface area contributed by atoms with Crippen molar-refractivity contribution in [2.45, 2.75) is 6.18 Å². The minimum atomic E-state index is -4.65. The molecule has 10 heteroatoms. The molecule has 0 radical (unpaired) electrons. The van der Waals surface area contributed by atoms with Gasteiger partial charge >= 0.3 is 6.18 Å². The van der Waals surface area contributed by atoms with Gasteiger partial charge in [-0.05, 0) is 36.4 Å². The van der Waals surface area contributed by atoms with Gasteiger partial charge in [-0.15, -0.1) is 0 Å². The zero-order chi connectivity index (χ0) is 22.6. The van der Waals surface area contributed by atoms with Crippen LogP contribution in [0.1, 0.15) is 26.3 Å². The molecule has 0 aromatic heterocycles. The number of hydrogen-bond acceptors (Lipinski definition) is 3. The molecule has 1 N–H and O–H groups in total. The molecule has 0 atom stereocenters. The molecule has 0 bridgehead atoms. The van der Waals surface area contributed by atoms with E-state index in [1.165, 1.54) is 34.1 Å². The highest BCUT2D eigenvalue weighted by atomic mass is 19.4. The van der Waals surface area contributed by atoms with E-state index in [9.17, 15) is 31.9 Å². The van der Waals surface area contributed by atoms with Gasteiger partial charge in [0.25, 0.3) is 11.8 Å². The summed E-state index contributed by atoms with van der Waals surface area (Å²) in [6.07, 6.45) is -4.65. The number of benzene rings is 2. The van der Waals surface area contributed by atoms with Crippen molar-refractivity contribution in [3.63, 3.8) is 0 Å². The number of hydrogen-bond donors (Lipinski definition) is 1. The third kappa shape index (κ3) is 5.39. The van der Waals surface area contributed by atoms with E-state index in [2.05, 4.69) is 5.32 Å². The van der Waals surface area contributed by atoms with Crippen molar-refractivity contribution in [3.8, 4) is 0 Å². The second kappa shape index (κ2) is 9.15. The van der Waals surface area contributed by atoms with Crippen LogP contribution in [0, 0.1) is 5.82 Å². The van der Waals surface area contributed by atoms with Gasteiger partial charge in [0.05, 0.1) is 17.7 Å². The van der Waals surface area contributed by atoms with E-state index in [1.54, 1.807) is 0 Å². The Kier molecular flexibility index (Phi) is 6.57. The van der Waals surface area contributed by atoms with E-state index in [0.29, 0.717) is 0 Å². The van der Waals surface area contributed by atoms with E-state index in [0.717, 1.165) is 24.3 Å². The van der Waals surface area contributed by atoms with Crippen LogP contribution in [0.25, 0.3) is 0 Å². The molecule has 0 spiro atoms. The second-order valence-electron chi connectivity index (χ2n) is 6.91. The minimum Gasteiger partial charge on any atom is -0.343 e. The lowest BCUT2D eigenvalue weighted by atomic mass is 10.1. The van der Waals surface area contributed by atoms with Crippen molar-refractivity contribution in [2.75, 3.05) is 32.7 Å². The summed E-state index contributed by atoms with van der Waals surface area (Å²) >= 11 is 0. The number of nitrogens with one attached hydrogen (secondary N) is 1. The Morgan fingerprint density at radius 3 is 2.06 bits per heavy atom. The van der Waals surface area contributed by atoms with Crippen LogP contribution in [0.5, 0.6) is 0 Å². The highest BCUT2D eigenvalue weighted by molar-refractivity contribution is 5.97. The molecule has 6 nitrogen and oxygen atoms in total. The van der Waals surface area contributed by atoms with Gasteiger partial charge < -0.3 is 15.1 Å². The smallest absolute Gasteiger partial charge is 0.343 e. The van der Waals surface area contributed by atoms with Crippen LogP contribution >= 0.6 is 0 Å². The predicted octanol–water partition coefficient (Wildman–Crippen LogP) is 2.56. The number of halogens is 4. The zero-order valence-corrected chi connectivity index (χ0v) is 16.3. The Labute approximate surface area is 175 Å². The molecule has 31 heavy (non-hydrogen) atoms. The highest BCUT2D eigenvalue weighted by Gasteiger charge is 2.36. The molecule has 1 aliphatic rings. The fourth-order valence-corrected chi connectivity index (χ4v) is 3.22. The molecule has 1 fully saturated rings. The van der Waals surface area contributed by atoms with Gasteiger partial charge in [-0.1, -0.05) is 12.1 Å². The lowest BCUT2D eigenvalue weighted by Crippen LogP contribution is -2.52. The van der Waals surface area contributed by atoms with Gasteiger partial charge in [-0.3, -0.25) is 14.4 Å². The molecule has 1 saturated heterocycles. The molecule has 2 aromatic carbocycles. The maximum Gasteiger partial charge on any atom is 0.417 e. The Balaban J connectivity index is 1.53. The fourth-order valence-electron chi connectivity index (χ4n) is 3.22. The number of alkyl halides is 3. The average molecular weight is 437 g/mol. The van der Waals surface area contributed by atoms with Crippen molar-refractivity contribution in [2.24, 2.45) is 0 Å². The Hall–Kier alpha value is -3.43. The van der Waals surface area contributed by atoms with Crippen LogP contribution in [-0.4, -0.2) is 60.2 Å². The van der Waals surface area contributed by atoms with Crippen molar-refractivity contribution >= 4 is 17.7 Å². The number of nitrogens with zero attached hydrogens (tertiary/aromatic N) is 2. The van der Waals surface area contributed by atoms with E-state index in [1.807, 2.05) is 0 Å². The van der Waals surface area contributed by atoms with Crippen molar-refractivity contribution < 1.29 is 31.9 Å². The molecule has 1 aliphatic heterocycles. The van der Waals surface area contributed by atoms with E-state index >= 15 is 0 Å². The molecule has 0 saturated carbocycles. The fraction of sp³-hybridized carbons (Fsp3) is 0.286. The Morgan fingerprint density at radius 1 is 0.871 bits per heavy atom. The van der Waals surface area contributed by atoms with Crippen molar-refractivity contribution in [1.82, 2.24) is 15.1 Å². The molecule has 0 aliphatic carbocycles. The molecule has 0 unspecified atom stereocenters. The van der Waals surface area contributed by atoms with Gasteiger partial charge in [-0.25, -0.2) is 4.39 Å². The maximum absolute atomic E-state index is 13.2. The number of carbonyl (C=O) groups excluding carboxylic acids is 3. The summed E-state index contributed by atoms with van der Waals surface area (Å²) < 4.78 is 52.4. The molecule has 3 rings (SSSR count). The Bertz CT molecular complexity index is 969. The predicted molar refractivity (Wildman–Crippen MR) is 103 cm³/mol. The van der Waals surface area contributed by atoms with Gasteiger partial charge in [0.2, 0.25) is 5.91 Å². The van der Waals surface area contributed by atoms with Crippen LogP contribution in [0.15, 0.2) is 48.5 Å². The van der Waals surface area contributed by atoms with Crippen LogP contribution in [0.2, 0.25) is 0 Å². The topological polar surface area (TPSA) is 69.7 Å². The highest BCUT2D eigenvalue weighted by Crippen LogP contribution is 2.32. The number of piperazine rings is 1. The van der Waals surface area contributed by atoms with Gasteiger partial charge in [-0.2, -0.15) is 13.2 Å². The normalized spacial score (nSPS) is 14.3. The van der Waals surface area contributed by atoms with Gasteiger partial charge in [0.15, 0.2) is 0 Å². The molecule has 2 aromatic rings. The lowest BCUT2D eigenvalue weighted by Gasteiger charge is -2.35. The van der Waals surface area contributed by atoms with E-state index < -0.39 is 40.8 Å². The quantitative estimate of drug-likeness (QED) is 0.748. The number of carbonyl (C=O) groups is 3. The van der Waals surface area contributed by atoms with E-state index in [4.69, 9.17) is 0 Å². The second-order valence-corrected chi connectivity index (χ2v) is 6.91. The Morgan fingerprint density at radius 2 is 1.45 bits per heavy atom. The summed E-state index contributed by atoms with van der Waals surface area (Å²) in [5.74, 6) is -2.16. The average Bonchev–Trinajstić information content (AvgIpc) is 2.76. The van der Waals surface area contributed by atoms with Crippen LogP contribution in [-0.2, 0) is 11.0 Å². The summed E-state index contributed by atoms with van der Waals surface area (Å²) in [5.41, 5.74) is -1.23. The molecule has 164 valence electrons. The molecule has 1 heterocycles. The largest absolute Gasteiger partial charge is 0.417 e. The van der Waals surface area contributed by atoms with Crippen LogP contribution < -0.4 is 5.32 Å². The summed E-state index contributed by atoms with van der Waals surface area (Å²) in [7, 11) is 0. The first-order valence-electron chi connectivity index (χ1n) is 9.44. The van der Waals surface area contributed by atoms with Gasteiger partial charge in [0, 0.05) is 31.7 Å². The summed E-state index contributed by atoms with van der Waals surface area (Å²) in [5, 5.41) is 2.44. The lowest BCUT2D eigenvalue weighted by molar-refractivity contribution is -0.138. The zero-order valence-electron chi connectivity index (χ0n) is 16.3. The first-order chi connectivity index (χ1) is 14.7. The summed E-state index contributed by atoms with van der Waals surface area (Å²) in [6.45, 7) is 0.114. The number of amides is 3. The van der Waals surface area contributed by atoms with Gasteiger partial charge in [0.1, 0.15) is 5.82 Å². The van der Waals surface area contributed by atoms with Crippen LogP contribution in [0.4, 0.5) is 17.6 Å². The van der Waals surface area contributed by atoms with Crippen LogP contribution in [0.3, 0.4) is 0 Å². The summed E-state index contributed by atoms with van der Waals surface area (Å²) in [4.78, 5) is 39.6. The summed E-state index contributed by atoms with van der Waals surface area (Å²) in [6, 6.07) is 9.41. The van der Waals surface area contributed by atoms with Crippen molar-refractivity contribution in [1.29, 1.82) is 0 Å². The third-order valence-electron chi connectivity index (χ3n) is 4.89. The van der Waals surface area contributed by atoms with E-state index in [-0.39, 0.29) is 38.3 Å². The monoisotopic (exact) mass is 437 g/mol. The first-order valence-corrected chi connectivity index (χ1v) is 9.44. The standard InChI is InChI=1S/C21H19F4N3O3/c22-15-7-5-14(6-8-15)19(30)26-13-18(29)27-9-11-28(12-10-27)20(31)16-3-1-2-4-17(16)21(23,24)25/h1-8H,9-13H2,(H,26,30). The third-order valence-corrected chi connectivity index (χ3v) is 4.89. The van der Waals surface area contributed by atoms with Crippen molar-refractivity contribution in [3.05, 3.63) is 71.0 Å². The molecule has 3 amide bonds. The number of rotatable bonds is 4. The first kappa shape index (κ1) is 22.3. The SMILES string of the molecule is O=C(NCC(=O)N1CCN(C(=O)c2ccccc2C(F)(F)F)CC1)c1ccc(F)cc1. The maximum atomic E-state index is 13.2. The molecular weight excluding hydrogens is 418 g/mol. The molecular formula is C21H19F4N3O3. The minimum absolute atomic E-state index is 0.0721.